The molecule has 1 fully saturated rings. The number of thioether (sulfide) groups is 1. The average molecular weight is 279 g/mol. The highest BCUT2D eigenvalue weighted by molar-refractivity contribution is 8.01. The molecule has 1 saturated heterocycles. The number of rotatable bonds is 4. The minimum Gasteiger partial charge on any atom is -0.479 e. The molecule has 0 spiro atoms. The second-order valence-electron chi connectivity index (χ2n) is 4.84. The van der Waals surface area contributed by atoms with E-state index in [-0.39, 0.29) is 5.91 Å². The van der Waals surface area contributed by atoms with Crippen molar-refractivity contribution in [2.45, 2.75) is 30.6 Å². The first-order valence-corrected chi connectivity index (χ1v) is 7.24. The van der Waals surface area contributed by atoms with Gasteiger partial charge < -0.3 is 10.4 Å². The predicted molar refractivity (Wildman–Crippen MR) is 75.1 cm³/mol. The van der Waals surface area contributed by atoms with Crippen molar-refractivity contribution in [1.82, 2.24) is 5.32 Å². The molecule has 19 heavy (non-hydrogen) atoms. The number of amides is 1. The fraction of sp³-hybridized carbons (Fsp3) is 0.429. The van der Waals surface area contributed by atoms with Crippen LogP contribution in [0.5, 0.6) is 0 Å². The number of benzene rings is 1. The summed E-state index contributed by atoms with van der Waals surface area (Å²) in [5, 5.41) is 11.9. The maximum atomic E-state index is 12.3. The molecule has 4 nitrogen and oxygen atoms in total. The topological polar surface area (TPSA) is 66.4 Å². The van der Waals surface area contributed by atoms with Crippen LogP contribution >= 0.6 is 11.8 Å². The third-order valence-electron chi connectivity index (χ3n) is 3.35. The van der Waals surface area contributed by atoms with Gasteiger partial charge in [0.1, 0.15) is 0 Å². The monoisotopic (exact) mass is 279 g/mol. The van der Waals surface area contributed by atoms with Crippen LogP contribution in [-0.2, 0) is 9.59 Å². The normalized spacial score (nSPS) is 23.8. The molecule has 102 valence electrons. The predicted octanol–water partition coefficient (Wildman–Crippen LogP) is 2.21. The molecule has 1 aliphatic rings. The van der Waals surface area contributed by atoms with Crippen LogP contribution in [-0.4, -0.2) is 27.5 Å². The summed E-state index contributed by atoms with van der Waals surface area (Å²) in [4.78, 5) is 23.6. The molecule has 0 radical (unpaired) electrons. The van der Waals surface area contributed by atoms with Crippen LogP contribution in [0.1, 0.15) is 31.4 Å². The van der Waals surface area contributed by atoms with E-state index >= 15 is 0 Å². The minimum atomic E-state index is -1.04. The van der Waals surface area contributed by atoms with E-state index in [0.717, 1.165) is 18.6 Å². The van der Waals surface area contributed by atoms with E-state index in [0.29, 0.717) is 5.56 Å². The van der Waals surface area contributed by atoms with Gasteiger partial charge in [-0.15, -0.1) is 11.8 Å². The second kappa shape index (κ2) is 5.65. The van der Waals surface area contributed by atoms with Gasteiger partial charge in [0.25, 0.3) is 0 Å². The zero-order chi connectivity index (χ0) is 13.9. The molecule has 1 aliphatic heterocycles. The summed E-state index contributed by atoms with van der Waals surface area (Å²) in [6.45, 7) is 1.88. The van der Waals surface area contributed by atoms with Crippen LogP contribution in [0.2, 0.25) is 0 Å². The lowest BCUT2D eigenvalue weighted by Gasteiger charge is -2.24. The van der Waals surface area contributed by atoms with Gasteiger partial charge in [-0.25, -0.2) is 4.79 Å². The Balaban J connectivity index is 2.14. The van der Waals surface area contributed by atoms with Gasteiger partial charge in [0, 0.05) is 0 Å². The molecule has 1 heterocycles. The Bertz CT molecular complexity index is 469. The van der Waals surface area contributed by atoms with E-state index < -0.39 is 16.8 Å². The lowest BCUT2D eigenvalue weighted by atomic mass is 10.0. The van der Waals surface area contributed by atoms with Gasteiger partial charge in [0.2, 0.25) is 5.91 Å². The highest BCUT2D eigenvalue weighted by atomic mass is 32.2. The number of hydrogen-bond donors (Lipinski definition) is 2. The van der Waals surface area contributed by atoms with Crippen molar-refractivity contribution in [3.8, 4) is 0 Å². The molecule has 0 aromatic heterocycles. The van der Waals surface area contributed by atoms with Crippen LogP contribution in [0.15, 0.2) is 30.3 Å². The van der Waals surface area contributed by atoms with Crippen molar-refractivity contribution in [2.24, 2.45) is 0 Å². The molecule has 1 amide bonds. The number of carbonyl (C=O) groups is 2. The standard InChI is InChI=1S/C14H17NO3S/c1-14(8-5-9-19-14)13(18)15-11(12(16)17)10-6-3-2-4-7-10/h2-4,6-7,11H,5,8-9H2,1H3,(H,15,18)(H,16,17)/t11-,14?/m1/s1. The maximum absolute atomic E-state index is 12.3. The van der Waals surface area contributed by atoms with Crippen molar-refractivity contribution in [3.05, 3.63) is 35.9 Å². The smallest absolute Gasteiger partial charge is 0.330 e. The van der Waals surface area contributed by atoms with Crippen LogP contribution in [0.3, 0.4) is 0 Å². The number of carboxylic acids is 1. The molecule has 2 N–H and O–H groups in total. The van der Waals surface area contributed by atoms with Crippen LogP contribution in [0.4, 0.5) is 0 Å². The Hall–Kier alpha value is -1.49. The average Bonchev–Trinajstić information content (AvgIpc) is 2.84. The molecular formula is C14H17NO3S. The molecule has 5 heteroatoms. The summed E-state index contributed by atoms with van der Waals surface area (Å²) >= 11 is 1.60. The third-order valence-corrected chi connectivity index (χ3v) is 4.87. The van der Waals surface area contributed by atoms with Crippen molar-refractivity contribution in [1.29, 1.82) is 0 Å². The molecule has 1 aromatic rings. The maximum Gasteiger partial charge on any atom is 0.330 e. The zero-order valence-electron chi connectivity index (χ0n) is 10.8. The van der Waals surface area contributed by atoms with Crippen molar-refractivity contribution in [2.75, 3.05) is 5.75 Å². The first-order chi connectivity index (χ1) is 9.03. The Morgan fingerprint density at radius 3 is 2.58 bits per heavy atom. The van der Waals surface area contributed by atoms with E-state index in [1.165, 1.54) is 0 Å². The number of hydrogen-bond acceptors (Lipinski definition) is 3. The Kier molecular flexibility index (Phi) is 4.14. The Morgan fingerprint density at radius 1 is 1.37 bits per heavy atom. The summed E-state index contributed by atoms with van der Waals surface area (Å²) < 4.78 is -0.498. The lowest BCUT2D eigenvalue weighted by molar-refractivity contribution is -0.142. The van der Waals surface area contributed by atoms with Crippen molar-refractivity contribution < 1.29 is 14.7 Å². The van der Waals surface area contributed by atoms with Crippen LogP contribution in [0, 0.1) is 0 Å². The minimum absolute atomic E-state index is 0.189. The van der Waals surface area contributed by atoms with Gasteiger partial charge in [-0.05, 0) is 31.1 Å². The molecule has 1 aromatic carbocycles. The number of nitrogens with one attached hydrogen (secondary N) is 1. The first kappa shape index (κ1) is 13.9. The van der Waals surface area contributed by atoms with Gasteiger partial charge in [-0.3, -0.25) is 4.79 Å². The summed E-state index contributed by atoms with van der Waals surface area (Å²) in [6, 6.07) is 7.80. The first-order valence-electron chi connectivity index (χ1n) is 6.25. The molecule has 0 bridgehead atoms. The molecule has 1 unspecified atom stereocenters. The van der Waals surface area contributed by atoms with Gasteiger partial charge in [-0.2, -0.15) is 0 Å². The van der Waals surface area contributed by atoms with E-state index in [4.69, 9.17) is 0 Å². The summed E-state index contributed by atoms with van der Waals surface area (Å²) in [5.41, 5.74) is 0.593. The third kappa shape index (κ3) is 3.10. The fourth-order valence-electron chi connectivity index (χ4n) is 2.18. The number of aliphatic carboxylic acids is 1. The lowest BCUT2D eigenvalue weighted by Crippen LogP contribution is -2.44. The number of carboxylic acid groups (broad SMARTS) is 1. The Morgan fingerprint density at radius 2 is 2.05 bits per heavy atom. The second-order valence-corrected chi connectivity index (χ2v) is 6.44. The molecular weight excluding hydrogens is 262 g/mol. The SMILES string of the molecule is CC1(C(=O)N[C@@H](C(=O)O)c2ccccc2)CCCS1. The highest BCUT2D eigenvalue weighted by Crippen LogP contribution is 2.38. The quantitative estimate of drug-likeness (QED) is 0.887. The van der Waals surface area contributed by atoms with E-state index in [9.17, 15) is 14.7 Å². The van der Waals surface area contributed by atoms with Gasteiger partial charge in [-0.1, -0.05) is 30.3 Å². The summed E-state index contributed by atoms with van der Waals surface area (Å²) in [5.74, 6) is -0.273. The molecule has 2 rings (SSSR count). The van der Waals surface area contributed by atoms with Crippen molar-refractivity contribution >= 4 is 23.6 Å². The zero-order valence-corrected chi connectivity index (χ0v) is 11.6. The molecule has 0 saturated carbocycles. The van der Waals surface area contributed by atoms with Crippen LogP contribution in [0.25, 0.3) is 0 Å². The summed E-state index contributed by atoms with van der Waals surface area (Å²) in [7, 11) is 0. The number of carbonyl (C=O) groups excluding carboxylic acids is 1. The van der Waals surface area contributed by atoms with Gasteiger partial charge >= 0.3 is 5.97 Å². The largest absolute Gasteiger partial charge is 0.479 e. The van der Waals surface area contributed by atoms with E-state index in [1.807, 2.05) is 13.0 Å². The van der Waals surface area contributed by atoms with Gasteiger partial charge in [0.15, 0.2) is 6.04 Å². The summed E-state index contributed by atoms with van der Waals surface area (Å²) in [6.07, 6.45) is 1.79. The molecule has 2 atom stereocenters. The fourth-order valence-corrected chi connectivity index (χ4v) is 3.39. The molecule has 0 aliphatic carbocycles. The van der Waals surface area contributed by atoms with E-state index in [2.05, 4.69) is 5.32 Å². The van der Waals surface area contributed by atoms with Crippen molar-refractivity contribution in [3.63, 3.8) is 0 Å². The van der Waals surface area contributed by atoms with E-state index in [1.54, 1.807) is 36.0 Å². The van der Waals surface area contributed by atoms with Crippen LogP contribution < -0.4 is 5.32 Å². The highest BCUT2D eigenvalue weighted by Gasteiger charge is 2.39. The Labute approximate surface area is 116 Å². The van der Waals surface area contributed by atoms with Gasteiger partial charge in [0.05, 0.1) is 4.75 Å².